The van der Waals surface area contributed by atoms with Crippen LogP contribution in [0.15, 0.2) is 24.3 Å². The zero-order valence-electron chi connectivity index (χ0n) is 12.6. The molecule has 0 radical (unpaired) electrons. The Balaban J connectivity index is 1.75. The quantitative estimate of drug-likeness (QED) is 0.900. The van der Waals surface area contributed by atoms with Gasteiger partial charge in [0.2, 0.25) is 0 Å². The number of aromatic amines is 1. The molecule has 1 heterocycles. The molecule has 4 heteroatoms. The number of para-hydroxylation sites is 1. The van der Waals surface area contributed by atoms with Gasteiger partial charge in [0.25, 0.3) is 5.91 Å². The summed E-state index contributed by atoms with van der Waals surface area (Å²) >= 11 is 0. The first-order valence-electron chi connectivity index (χ1n) is 8.03. The lowest BCUT2D eigenvalue weighted by Crippen LogP contribution is -2.40. The molecule has 0 bridgehead atoms. The van der Waals surface area contributed by atoms with E-state index in [1.54, 1.807) is 0 Å². The van der Waals surface area contributed by atoms with Crippen molar-refractivity contribution >= 4 is 16.8 Å². The summed E-state index contributed by atoms with van der Waals surface area (Å²) in [4.78, 5) is 12.5. The third kappa shape index (κ3) is 2.94. The van der Waals surface area contributed by atoms with Crippen LogP contribution in [0.25, 0.3) is 10.9 Å². The van der Waals surface area contributed by atoms with E-state index < -0.39 is 0 Å². The molecule has 4 nitrogen and oxygen atoms in total. The average molecular weight is 285 g/mol. The first-order valence-corrected chi connectivity index (χ1v) is 8.03. The molecule has 0 spiro atoms. The fourth-order valence-electron chi connectivity index (χ4n) is 3.46. The SMILES string of the molecule is CCC(NC(=O)c1n[nH]c2ccccc12)C1CCCCC1. The van der Waals surface area contributed by atoms with Crippen molar-refractivity contribution in [3.05, 3.63) is 30.0 Å². The lowest BCUT2D eigenvalue weighted by molar-refractivity contribution is 0.0907. The Labute approximate surface area is 125 Å². The molecule has 1 unspecified atom stereocenters. The molecule has 0 saturated heterocycles. The lowest BCUT2D eigenvalue weighted by Gasteiger charge is -2.30. The molecule has 1 saturated carbocycles. The van der Waals surface area contributed by atoms with Crippen molar-refractivity contribution in [2.24, 2.45) is 5.92 Å². The van der Waals surface area contributed by atoms with Crippen LogP contribution in [-0.2, 0) is 0 Å². The van der Waals surface area contributed by atoms with Crippen LogP contribution in [0, 0.1) is 5.92 Å². The highest BCUT2D eigenvalue weighted by atomic mass is 16.2. The normalized spacial score (nSPS) is 17.8. The maximum Gasteiger partial charge on any atom is 0.272 e. The van der Waals surface area contributed by atoms with Gasteiger partial charge in [-0.2, -0.15) is 5.10 Å². The number of benzene rings is 1. The van der Waals surface area contributed by atoms with E-state index >= 15 is 0 Å². The first-order chi connectivity index (χ1) is 10.3. The van der Waals surface area contributed by atoms with Crippen molar-refractivity contribution < 1.29 is 4.79 Å². The first kappa shape index (κ1) is 14.1. The van der Waals surface area contributed by atoms with Gasteiger partial charge in [0.15, 0.2) is 5.69 Å². The Morgan fingerprint density at radius 2 is 2.10 bits per heavy atom. The molecule has 112 valence electrons. The predicted octanol–water partition coefficient (Wildman–Crippen LogP) is 3.65. The lowest BCUT2D eigenvalue weighted by atomic mass is 9.83. The summed E-state index contributed by atoms with van der Waals surface area (Å²) in [5, 5.41) is 11.2. The molecule has 1 atom stereocenters. The standard InChI is InChI=1S/C17H23N3O/c1-2-14(12-8-4-3-5-9-12)18-17(21)16-13-10-6-7-11-15(13)19-20-16/h6-7,10-12,14H,2-5,8-9H2,1H3,(H,18,21)(H,19,20). The number of carbonyl (C=O) groups is 1. The molecule has 1 fully saturated rings. The fraction of sp³-hybridized carbons (Fsp3) is 0.529. The van der Waals surface area contributed by atoms with E-state index in [4.69, 9.17) is 0 Å². The monoisotopic (exact) mass is 285 g/mol. The third-order valence-electron chi connectivity index (χ3n) is 4.66. The molecule has 0 aliphatic heterocycles. The number of hydrogen-bond acceptors (Lipinski definition) is 2. The molecule has 2 N–H and O–H groups in total. The average Bonchev–Trinajstić information content (AvgIpc) is 2.97. The smallest absolute Gasteiger partial charge is 0.272 e. The summed E-state index contributed by atoms with van der Waals surface area (Å²) in [5.41, 5.74) is 1.42. The number of aromatic nitrogens is 2. The van der Waals surface area contributed by atoms with Gasteiger partial charge in [0, 0.05) is 11.4 Å². The summed E-state index contributed by atoms with van der Waals surface area (Å²) in [6.45, 7) is 2.15. The van der Waals surface area contributed by atoms with Gasteiger partial charge >= 0.3 is 0 Å². The highest BCUT2D eigenvalue weighted by molar-refractivity contribution is 6.04. The molecule has 3 rings (SSSR count). The number of carbonyl (C=O) groups excluding carboxylic acids is 1. The minimum atomic E-state index is -0.0510. The highest BCUT2D eigenvalue weighted by Crippen LogP contribution is 2.28. The molecule has 2 aromatic rings. The van der Waals surface area contributed by atoms with Gasteiger partial charge in [0.1, 0.15) is 0 Å². The number of nitrogens with one attached hydrogen (secondary N) is 2. The number of fused-ring (bicyclic) bond motifs is 1. The Morgan fingerprint density at radius 1 is 1.33 bits per heavy atom. The molecule has 1 amide bonds. The summed E-state index contributed by atoms with van der Waals surface area (Å²) in [5.74, 6) is 0.572. The molecular weight excluding hydrogens is 262 g/mol. The Hall–Kier alpha value is -1.84. The zero-order chi connectivity index (χ0) is 14.7. The van der Waals surface area contributed by atoms with Gasteiger partial charge in [-0.05, 0) is 31.2 Å². The largest absolute Gasteiger partial charge is 0.348 e. The molecule has 1 aromatic carbocycles. The van der Waals surface area contributed by atoms with Crippen LogP contribution in [0.3, 0.4) is 0 Å². The van der Waals surface area contributed by atoms with Crippen LogP contribution in [0.5, 0.6) is 0 Å². The molecule has 1 aromatic heterocycles. The second kappa shape index (κ2) is 6.29. The topological polar surface area (TPSA) is 57.8 Å². The molecular formula is C17H23N3O. The van der Waals surface area contributed by atoms with Crippen LogP contribution in [0.4, 0.5) is 0 Å². The Kier molecular flexibility index (Phi) is 4.23. The summed E-state index contributed by atoms with van der Waals surface area (Å²) < 4.78 is 0. The Morgan fingerprint density at radius 3 is 2.86 bits per heavy atom. The van der Waals surface area contributed by atoms with E-state index in [2.05, 4.69) is 22.4 Å². The number of amides is 1. The van der Waals surface area contributed by atoms with Crippen LogP contribution < -0.4 is 5.32 Å². The van der Waals surface area contributed by atoms with Crippen LogP contribution in [0.1, 0.15) is 55.9 Å². The van der Waals surface area contributed by atoms with Gasteiger partial charge in [0.05, 0.1) is 5.52 Å². The van der Waals surface area contributed by atoms with E-state index in [1.807, 2.05) is 24.3 Å². The van der Waals surface area contributed by atoms with Gasteiger partial charge < -0.3 is 5.32 Å². The maximum atomic E-state index is 12.5. The van der Waals surface area contributed by atoms with Gasteiger partial charge in [-0.3, -0.25) is 9.89 Å². The highest BCUT2D eigenvalue weighted by Gasteiger charge is 2.25. The number of nitrogens with zero attached hydrogens (tertiary/aromatic N) is 1. The zero-order valence-corrected chi connectivity index (χ0v) is 12.6. The molecule has 1 aliphatic carbocycles. The van der Waals surface area contributed by atoms with E-state index in [9.17, 15) is 4.79 Å². The van der Waals surface area contributed by atoms with Crippen LogP contribution in [-0.4, -0.2) is 22.1 Å². The van der Waals surface area contributed by atoms with E-state index in [0.29, 0.717) is 11.6 Å². The molecule has 21 heavy (non-hydrogen) atoms. The number of H-pyrrole nitrogens is 1. The minimum absolute atomic E-state index is 0.0510. The molecule has 1 aliphatic rings. The Bertz CT molecular complexity index is 613. The second-order valence-corrected chi connectivity index (χ2v) is 6.00. The fourth-order valence-corrected chi connectivity index (χ4v) is 3.46. The van der Waals surface area contributed by atoms with Crippen LogP contribution >= 0.6 is 0 Å². The maximum absolute atomic E-state index is 12.5. The van der Waals surface area contributed by atoms with Crippen molar-refractivity contribution in [3.63, 3.8) is 0 Å². The number of rotatable bonds is 4. The van der Waals surface area contributed by atoms with E-state index in [0.717, 1.165) is 17.3 Å². The minimum Gasteiger partial charge on any atom is -0.348 e. The van der Waals surface area contributed by atoms with Gasteiger partial charge in [-0.15, -0.1) is 0 Å². The summed E-state index contributed by atoms with van der Waals surface area (Å²) in [6, 6.07) is 8.03. The number of hydrogen-bond donors (Lipinski definition) is 2. The van der Waals surface area contributed by atoms with E-state index in [1.165, 1.54) is 32.1 Å². The van der Waals surface area contributed by atoms with Gasteiger partial charge in [-0.1, -0.05) is 44.4 Å². The third-order valence-corrected chi connectivity index (χ3v) is 4.66. The summed E-state index contributed by atoms with van der Waals surface area (Å²) in [6.07, 6.45) is 7.38. The van der Waals surface area contributed by atoms with Crippen molar-refractivity contribution in [2.75, 3.05) is 0 Å². The van der Waals surface area contributed by atoms with E-state index in [-0.39, 0.29) is 11.9 Å². The van der Waals surface area contributed by atoms with Crippen molar-refractivity contribution in [1.29, 1.82) is 0 Å². The van der Waals surface area contributed by atoms with Crippen LogP contribution in [0.2, 0.25) is 0 Å². The van der Waals surface area contributed by atoms with Gasteiger partial charge in [-0.25, -0.2) is 0 Å². The van der Waals surface area contributed by atoms with Crippen molar-refractivity contribution in [3.8, 4) is 0 Å². The summed E-state index contributed by atoms with van der Waals surface area (Å²) in [7, 11) is 0. The van der Waals surface area contributed by atoms with Crippen molar-refractivity contribution in [1.82, 2.24) is 15.5 Å². The second-order valence-electron chi connectivity index (χ2n) is 6.00. The van der Waals surface area contributed by atoms with Crippen molar-refractivity contribution in [2.45, 2.75) is 51.5 Å². The predicted molar refractivity (Wildman–Crippen MR) is 84.2 cm³/mol.